The van der Waals surface area contributed by atoms with Crippen molar-refractivity contribution in [2.24, 2.45) is 5.92 Å². The van der Waals surface area contributed by atoms with Gasteiger partial charge in [0.1, 0.15) is 0 Å². The van der Waals surface area contributed by atoms with Crippen molar-refractivity contribution in [2.75, 3.05) is 27.2 Å². The Morgan fingerprint density at radius 1 is 1.11 bits per heavy atom. The van der Waals surface area contributed by atoms with E-state index in [1.807, 2.05) is 7.05 Å². The first-order valence-electron chi connectivity index (χ1n) is 7.18. The van der Waals surface area contributed by atoms with Crippen molar-refractivity contribution in [1.29, 1.82) is 0 Å². The third-order valence-electron chi connectivity index (χ3n) is 3.79. The van der Waals surface area contributed by atoms with Crippen molar-refractivity contribution >= 4 is 12.0 Å². The van der Waals surface area contributed by atoms with Crippen LogP contribution >= 0.6 is 0 Å². The quantitative estimate of drug-likeness (QED) is 0.806. The fraction of sp³-hybridized carbons (Fsp3) is 0.857. The van der Waals surface area contributed by atoms with Crippen LogP contribution in [0.2, 0.25) is 0 Å². The fourth-order valence-corrected chi connectivity index (χ4v) is 2.69. The van der Waals surface area contributed by atoms with Gasteiger partial charge in [-0.1, -0.05) is 19.3 Å². The van der Waals surface area contributed by atoms with Crippen molar-refractivity contribution in [1.82, 2.24) is 9.80 Å². The largest absolute Gasteiger partial charge is 0.481 e. The second-order valence-corrected chi connectivity index (χ2v) is 5.59. The number of carbonyl (C=O) groups is 2. The van der Waals surface area contributed by atoms with Crippen LogP contribution in [0.3, 0.4) is 0 Å². The van der Waals surface area contributed by atoms with Crippen molar-refractivity contribution in [3.8, 4) is 0 Å². The molecular weight excluding hydrogens is 244 g/mol. The topological polar surface area (TPSA) is 60.9 Å². The number of hydrogen-bond donors (Lipinski definition) is 1. The third kappa shape index (κ3) is 5.94. The Kier molecular flexibility index (Phi) is 6.67. The van der Waals surface area contributed by atoms with Gasteiger partial charge in [-0.05, 0) is 25.2 Å². The molecule has 5 nitrogen and oxygen atoms in total. The molecule has 1 aliphatic rings. The zero-order valence-electron chi connectivity index (χ0n) is 12.1. The minimum Gasteiger partial charge on any atom is -0.481 e. The predicted octanol–water partition coefficient (Wildman–Crippen LogP) is 2.42. The van der Waals surface area contributed by atoms with Crippen LogP contribution in [-0.2, 0) is 4.79 Å². The van der Waals surface area contributed by atoms with Crippen molar-refractivity contribution < 1.29 is 14.7 Å². The number of carbonyl (C=O) groups excluding carboxylic acids is 1. The molecule has 0 aromatic heterocycles. The van der Waals surface area contributed by atoms with E-state index in [1.165, 1.54) is 32.1 Å². The van der Waals surface area contributed by atoms with Gasteiger partial charge in [-0.2, -0.15) is 0 Å². The Morgan fingerprint density at radius 3 is 2.32 bits per heavy atom. The summed E-state index contributed by atoms with van der Waals surface area (Å²) >= 11 is 0. The number of rotatable bonds is 6. The Balaban J connectivity index is 2.27. The Labute approximate surface area is 115 Å². The maximum absolute atomic E-state index is 12.1. The highest BCUT2D eigenvalue weighted by Crippen LogP contribution is 2.24. The highest BCUT2D eigenvalue weighted by atomic mass is 16.4. The average molecular weight is 270 g/mol. The molecule has 19 heavy (non-hydrogen) atoms. The molecule has 0 atom stereocenters. The lowest BCUT2D eigenvalue weighted by Gasteiger charge is -2.30. The van der Waals surface area contributed by atoms with Crippen LogP contribution in [0, 0.1) is 5.92 Å². The number of amides is 2. The molecule has 5 heteroatoms. The molecule has 2 amide bonds. The SMILES string of the molecule is CN(CCCC(=O)O)C(=O)N(C)CC1CCCCC1. The molecule has 0 radical (unpaired) electrons. The highest BCUT2D eigenvalue weighted by molar-refractivity contribution is 5.74. The Hall–Kier alpha value is -1.26. The summed E-state index contributed by atoms with van der Waals surface area (Å²) in [5.41, 5.74) is 0. The summed E-state index contributed by atoms with van der Waals surface area (Å²) in [5.74, 6) is -0.175. The summed E-state index contributed by atoms with van der Waals surface area (Å²) in [6.07, 6.45) is 6.95. The molecule has 1 saturated carbocycles. The second kappa shape index (κ2) is 8.02. The Morgan fingerprint density at radius 2 is 1.74 bits per heavy atom. The lowest BCUT2D eigenvalue weighted by Crippen LogP contribution is -2.41. The fourth-order valence-electron chi connectivity index (χ4n) is 2.69. The Bertz CT molecular complexity index is 301. The van der Waals surface area contributed by atoms with Crippen LogP contribution in [-0.4, -0.2) is 54.1 Å². The molecule has 1 N–H and O–H groups in total. The van der Waals surface area contributed by atoms with Gasteiger partial charge in [0.15, 0.2) is 0 Å². The number of urea groups is 1. The van der Waals surface area contributed by atoms with Gasteiger partial charge in [-0.15, -0.1) is 0 Å². The van der Waals surface area contributed by atoms with Crippen molar-refractivity contribution in [3.05, 3.63) is 0 Å². The van der Waals surface area contributed by atoms with Gasteiger partial charge in [0.2, 0.25) is 0 Å². The monoisotopic (exact) mass is 270 g/mol. The molecule has 0 aromatic rings. The highest BCUT2D eigenvalue weighted by Gasteiger charge is 2.20. The van der Waals surface area contributed by atoms with Gasteiger partial charge >= 0.3 is 12.0 Å². The first-order chi connectivity index (χ1) is 9.00. The summed E-state index contributed by atoms with van der Waals surface area (Å²) < 4.78 is 0. The van der Waals surface area contributed by atoms with Gasteiger partial charge in [-0.3, -0.25) is 4.79 Å². The maximum atomic E-state index is 12.1. The lowest BCUT2D eigenvalue weighted by atomic mass is 9.89. The predicted molar refractivity (Wildman–Crippen MR) is 74.1 cm³/mol. The van der Waals surface area contributed by atoms with E-state index in [2.05, 4.69) is 0 Å². The maximum Gasteiger partial charge on any atom is 0.319 e. The zero-order valence-corrected chi connectivity index (χ0v) is 12.1. The molecule has 0 spiro atoms. The first-order valence-corrected chi connectivity index (χ1v) is 7.18. The number of hydrogen-bond acceptors (Lipinski definition) is 2. The number of carboxylic acid groups (broad SMARTS) is 1. The molecule has 0 aromatic carbocycles. The lowest BCUT2D eigenvalue weighted by molar-refractivity contribution is -0.137. The normalized spacial score (nSPS) is 16.1. The molecule has 0 heterocycles. The molecule has 1 aliphatic carbocycles. The van der Waals surface area contributed by atoms with E-state index < -0.39 is 5.97 Å². The van der Waals surface area contributed by atoms with E-state index in [1.54, 1.807) is 16.8 Å². The van der Waals surface area contributed by atoms with Crippen molar-refractivity contribution in [2.45, 2.75) is 44.9 Å². The van der Waals surface area contributed by atoms with E-state index in [-0.39, 0.29) is 12.5 Å². The van der Waals surface area contributed by atoms with E-state index in [4.69, 9.17) is 5.11 Å². The van der Waals surface area contributed by atoms with E-state index in [9.17, 15) is 9.59 Å². The van der Waals surface area contributed by atoms with Crippen LogP contribution in [0.5, 0.6) is 0 Å². The first kappa shape index (κ1) is 15.8. The molecule has 0 unspecified atom stereocenters. The van der Waals surface area contributed by atoms with Gasteiger partial charge < -0.3 is 14.9 Å². The zero-order chi connectivity index (χ0) is 14.3. The summed E-state index contributed by atoms with van der Waals surface area (Å²) in [5, 5.41) is 8.58. The number of aliphatic carboxylic acids is 1. The van der Waals surface area contributed by atoms with Gasteiger partial charge in [0.05, 0.1) is 0 Å². The van der Waals surface area contributed by atoms with Crippen LogP contribution < -0.4 is 0 Å². The minimum absolute atomic E-state index is 0.00374. The third-order valence-corrected chi connectivity index (χ3v) is 3.79. The van der Waals surface area contributed by atoms with Crippen molar-refractivity contribution in [3.63, 3.8) is 0 Å². The molecular formula is C14H26N2O3. The van der Waals surface area contributed by atoms with Crippen LogP contribution in [0.4, 0.5) is 4.79 Å². The second-order valence-electron chi connectivity index (χ2n) is 5.59. The molecule has 0 aliphatic heterocycles. The molecule has 110 valence electrons. The molecule has 1 rings (SSSR count). The van der Waals surface area contributed by atoms with E-state index in [0.29, 0.717) is 18.9 Å². The van der Waals surface area contributed by atoms with Gasteiger partial charge in [0.25, 0.3) is 0 Å². The van der Waals surface area contributed by atoms with Gasteiger partial charge in [0, 0.05) is 33.6 Å². The van der Waals surface area contributed by atoms with E-state index >= 15 is 0 Å². The summed E-state index contributed by atoms with van der Waals surface area (Å²) in [7, 11) is 3.58. The number of carboxylic acids is 1. The summed E-state index contributed by atoms with van der Waals surface area (Å²) in [6, 6.07) is -0.00374. The average Bonchev–Trinajstić information content (AvgIpc) is 2.38. The standard InChI is InChI=1S/C14H26N2O3/c1-15(10-6-9-13(17)18)14(19)16(2)11-12-7-4-3-5-8-12/h12H,3-11H2,1-2H3,(H,17,18). The van der Waals surface area contributed by atoms with E-state index in [0.717, 1.165) is 6.54 Å². The molecule has 0 bridgehead atoms. The summed E-state index contributed by atoms with van der Waals surface area (Å²) in [6.45, 7) is 1.32. The molecule has 0 saturated heterocycles. The van der Waals surface area contributed by atoms with Gasteiger partial charge in [-0.25, -0.2) is 4.79 Å². The van der Waals surface area contributed by atoms with Crippen LogP contribution in [0.25, 0.3) is 0 Å². The van der Waals surface area contributed by atoms with Crippen LogP contribution in [0.1, 0.15) is 44.9 Å². The number of nitrogens with zero attached hydrogens (tertiary/aromatic N) is 2. The van der Waals surface area contributed by atoms with Crippen LogP contribution in [0.15, 0.2) is 0 Å². The molecule has 1 fully saturated rings. The minimum atomic E-state index is -0.809. The smallest absolute Gasteiger partial charge is 0.319 e. The summed E-state index contributed by atoms with van der Waals surface area (Å²) in [4.78, 5) is 25.9.